The fraction of sp³-hybridized carbons (Fsp3) is 0.471. The number of rotatable bonds is 8. The highest BCUT2D eigenvalue weighted by molar-refractivity contribution is 5.77. The first-order chi connectivity index (χ1) is 11.1. The number of aromatic nitrogens is 2. The lowest BCUT2D eigenvalue weighted by Gasteiger charge is -2.10. The molecule has 0 aliphatic carbocycles. The second-order valence-electron chi connectivity index (χ2n) is 5.57. The third-order valence-electron chi connectivity index (χ3n) is 3.75. The van der Waals surface area contributed by atoms with E-state index in [1.54, 1.807) is 13.2 Å². The number of nitrogens with zero attached hydrogens (tertiary/aromatic N) is 1. The van der Waals surface area contributed by atoms with Crippen LogP contribution in [0.15, 0.2) is 29.1 Å². The number of benzene rings is 1. The molecular formula is C17H23N3O3. The lowest BCUT2D eigenvalue weighted by Crippen LogP contribution is -2.26. The van der Waals surface area contributed by atoms with Crippen LogP contribution < -0.4 is 10.9 Å². The predicted molar refractivity (Wildman–Crippen MR) is 89.4 cm³/mol. The largest absolute Gasteiger partial charge is 0.382 e. The SMILES string of the molecule is COC(C)CCNC(=O)CCCc1nc2ccccc2c(=O)[nH]1. The molecule has 0 saturated heterocycles. The smallest absolute Gasteiger partial charge is 0.258 e. The molecule has 1 amide bonds. The number of ether oxygens (including phenoxy) is 1. The highest BCUT2D eigenvalue weighted by Crippen LogP contribution is 2.07. The van der Waals surface area contributed by atoms with Gasteiger partial charge in [0.05, 0.1) is 17.0 Å². The molecule has 0 aliphatic rings. The van der Waals surface area contributed by atoms with Gasteiger partial charge in [-0.15, -0.1) is 0 Å². The molecule has 0 bridgehead atoms. The van der Waals surface area contributed by atoms with Gasteiger partial charge in [0.25, 0.3) is 5.56 Å². The molecule has 6 nitrogen and oxygen atoms in total. The molecule has 1 aromatic carbocycles. The second-order valence-corrected chi connectivity index (χ2v) is 5.57. The Hall–Kier alpha value is -2.21. The normalized spacial score (nSPS) is 12.3. The van der Waals surface area contributed by atoms with E-state index in [1.807, 2.05) is 25.1 Å². The maximum Gasteiger partial charge on any atom is 0.258 e. The van der Waals surface area contributed by atoms with Crippen LogP contribution in [0.5, 0.6) is 0 Å². The van der Waals surface area contributed by atoms with Gasteiger partial charge in [0, 0.05) is 26.5 Å². The summed E-state index contributed by atoms with van der Waals surface area (Å²) in [5, 5.41) is 3.45. The summed E-state index contributed by atoms with van der Waals surface area (Å²) >= 11 is 0. The minimum Gasteiger partial charge on any atom is -0.382 e. The van der Waals surface area contributed by atoms with Crippen molar-refractivity contribution in [2.24, 2.45) is 0 Å². The van der Waals surface area contributed by atoms with E-state index in [0.29, 0.717) is 42.5 Å². The summed E-state index contributed by atoms with van der Waals surface area (Å²) in [6.07, 6.45) is 2.57. The summed E-state index contributed by atoms with van der Waals surface area (Å²) in [7, 11) is 1.66. The highest BCUT2D eigenvalue weighted by atomic mass is 16.5. The van der Waals surface area contributed by atoms with Crippen LogP contribution in [-0.4, -0.2) is 35.6 Å². The summed E-state index contributed by atoms with van der Waals surface area (Å²) in [6, 6.07) is 7.23. The Bertz CT molecular complexity index is 712. The Balaban J connectivity index is 1.80. The average molecular weight is 317 g/mol. The zero-order chi connectivity index (χ0) is 16.7. The fourth-order valence-electron chi connectivity index (χ4n) is 2.29. The summed E-state index contributed by atoms with van der Waals surface area (Å²) in [5.41, 5.74) is 0.549. The van der Waals surface area contributed by atoms with Gasteiger partial charge in [-0.25, -0.2) is 4.98 Å². The number of aromatic amines is 1. The molecule has 2 N–H and O–H groups in total. The van der Waals surface area contributed by atoms with Crippen LogP contribution in [0, 0.1) is 0 Å². The topological polar surface area (TPSA) is 84.1 Å². The van der Waals surface area contributed by atoms with Crippen LogP contribution in [-0.2, 0) is 16.0 Å². The summed E-state index contributed by atoms with van der Waals surface area (Å²) in [4.78, 5) is 30.9. The van der Waals surface area contributed by atoms with Crippen molar-refractivity contribution in [3.8, 4) is 0 Å². The van der Waals surface area contributed by atoms with Gasteiger partial charge in [-0.3, -0.25) is 9.59 Å². The molecule has 1 atom stereocenters. The van der Waals surface area contributed by atoms with Crippen molar-refractivity contribution < 1.29 is 9.53 Å². The predicted octanol–water partition coefficient (Wildman–Crippen LogP) is 1.79. The van der Waals surface area contributed by atoms with Crippen molar-refractivity contribution in [3.63, 3.8) is 0 Å². The van der Waals surface area contributed by atoms with Gasteiger partial charge in [-0.05, 0) is 31.9 Å². The highest BCUT2D eigenvalue weighted by Gasteiger charge is 2.06. The first kappa shape index (κ1) is 17.1. The van der Waals surface area contributed by atoms with E-state index < -0.39 is 0 Å². The molecule has 124 valence electrons. The molecule has 6 heteroatoms. The first-order valence-electron chi connectivity index (χ1n) is 7.87. The van der Waals surface area contributed by atoms with Gasteiger partial charge in [0.1, 0.15) is 5.82 Å². The maximum absolute atomic E-state index is 11.9. The monoisotopic (exact) mass is 317 g/mol. The van der Waals surface area contributed by atoms with Gasteiger partial charge < -0.3 is 15.0 Å². The van der Waals surface area contributed by atoms with Crippen LogP contribution in [0.25, 0.3) is 10.9 Å². The molecule has 0 radical (unpaired) electrons. The van der Waals surface area contributed by atoms with Crippen molar-refractivity contribution >= 4 is 16.8 Å². The molecule has 2 rings (SSSR count). The number of carbonyl (C=O) groups is 1. The number of nitrogens with one attached hydrogen (secondary N) is 2. The number of hydrogen-bond acceptors (Lipinski definition) is 4. The number of carbonyl (C=O) groups excluding carboxylic acids is 1. The van der Waals surface area contributed by atoms with Crippen molar-refractivity contribution in [2.45, 2.75) is 38.7 Å². The number of hydrogen-bond donors (Lipinski definition) is 2. The van der Waals surface area contributed by atoms with Crippen LogP contribution in [0.4, 0.5) is 0 Å². The summed E-state index contributed by atoms with van der Waals surface area (Å²) in [5.74, 6) is 0.631. The summed E-state index contributed by atoms with van der Waals surface area (Å²) < 4.78 is 5.12. The minimum absolute atomic E-state index is 0.0106. The molecule has 0 aliphatic heterocycles. The molecule has 0 saturated carbocycles. The van der Waals surface area contributed by atoms with E-state index in [1.165, 1.54) is 0 Å². The Labute approximate surface area is 135 Å². The summed E-state index contributed by atoms with van der Waals surface area (Å²) in [6.45, 7) is 2.58. The average Bonchev–Trinajstić information content (AvgIpc) is 2.54. The van der Waals surface area contributed by atoms with Gasteiger partial charge >= 0.3 is 0 Å². The van der Waals surface area contributed by atoms with Crippen molar-refractivity contribution in [2.75, 3.05) is 13.7 Å². The Kier molecular flexibility index (Phi) is 6.29. The standard InChI is InChI=1S/C17H23N3O3/c1-12(23-2)10-11-18-16(21)9-5-8-15-19-14-7-4-3-6-13(14)17(22)20-15/h3-4,6-7,12H,5,8-11H2,1-2H3,(H,18,21)(H,19,20,22). The van der Waals surface area contributed by atoms with E-state index in [2.05, 4.69) is 15.3 Å². The van der Waals surface area contributed by atoms with Crippen LogP contribution in [0.3, 0.4) is 0 Å². The van der Waals surface area contributed by atoms with Crippen LogP contribution in [0.1, 0.15) is 32.0 Å². The fourth-order valence-corrected chi connectivity index (χ4v) is 2.29. The van der Waals surface area contributed by atoms with Crippen molar-refractivity contribution in [1.29, 1.82) is 0 Å². The molecular weight excluding hydrogens is 294 g/mol. The zero-order valence-electron chi connectivity index (χ0n) is 13.6. The number of fused-ring (bicyclic) bond motifs is 1. The lowest BCUT2D eigenvalue weighted by molar-refractivity contribution is -0.121. The second kappa shape index (κ2) is 8.43. The molecule has 1 unspecified atom stereocenters. The van der Waals surface area contributed by atoms with Gasteiger partial charge in [0.15, 0.2) is 0 Å². The van der Waals surface area contributed by atoms with Crippen LogP contribution >= 0.6 is 0 Å². The molecule has 0 fully saturated rings. The zero-order valence-corrected chi connectivity index (χ0v) is 13.6. The maximum atomic E-state index is 11.9. The Morgan fingerprint density at radius 1 is 1.39 bits per heavy atom. The Morgan fingerprint density at radius 3 is 2.96 bits per heavy atom. The molecule has 1 aromatic heterocycles. The van der Waals surface area contributed by atoms with Crippen molar-refractivity contribution in [1.82, 2.24) is 15.3 Å². The quantitative estimate of drug-likeness (QED) is 0.777. The van der Waals surface area contributed by atoms with Gasteiger partial charge in [0.2, 0.25) is 5.91 Å². The number of methoxy groups -OCH3 is 1. The molecule has 0 spiro atoms. The van der Waals surface area contributed by atoms with E-state index in [0.717, 1.165) is 6.42 Å². The molecule has 2 aromatic rings. The van der Waals surface area contributed by atoms with Gasteiger partial charge in [-0.2, -0.15) is 0 Å². The third kappa shape index (κ3) is 5.17. The number of H-pyrrole nitrogens is 1. The van der Waals surface area contributed by atoms with E-state index in [4.69, 9.17) is 4.74 Å². The number of aryl methyl sites for hydroxylation is 1. The Morgan fingerprint density at radius 2 is 2.17 bits per heavy atom. The van der Waals surface area contributed by atoms with E-state index >= 15 is 0 Å². The van der Waals surface area contributed by atoms with E-state index in [9.17, 15) is 9.59 Å². The minimum atomic E-state index is -0.136. The van der Waals surface area contributed by atoms with E-state index in [-0.39, 0.29) is 17.6 Å². The van der Waals surface area contributed by atoms with Gasteiger partial charge in [-0.1, -0.05) is 12.1 Å². The lowest BCUT2D eigenvalue weighted by atomic mass is 10.2. The number of amides is 1. The first-order valence-corrected chi connectivity index (χ1v) is 7.87. The van der Waals surface area contributed by atoms with Crippen molar-refractivity contribution in [3.05, 3.63) is 40.4 Å². The van der Waals surface area contributed by atoms with Crippen LogP contribution in [0.2, 0.25) is 0 Å². The molecule has 1 heterocycles. The molecule has 23 heavy (non-hydrogen) atoms. The number of para-hydroxylation sites is 1. The third-order valence-corrected chi connectivity index (χ3v) is 3.75.